The van der Waals surface area contributed by atoms with Crippen molar-refractivity contribution in [2.45, 2.75) is 25.2 Å². The number of carbonyl (C=O) groups is 1. The first-order valence-electron chi connectivity index (χ1n) is 7.41. The second kappa shape index (κ2) is 5.65. The number of rotatable bonds is 4. The zero-order valence-corrected chi connectivity index (χ0v) is 13.3. The monoisotopic (exact) mass is 314 g/mol. The smallest absolute Gasteiger partial charge is 0.251 e. The number of nitrogens with two attached hydrogens (primary N) is 1. The summed E-state index contributed by atoms with van der Waals surface area (Å²) < 4.78 is 0. The summed E-state index contributed by atoms with van der Waals surface area (Å²) in [6.45, 7) is 2.56. The molecule has 0 bridgehead atoms. The molecule has 1 amide bonds. The molecule has 3 rings (SSSR count). The van der Waals surface area contributed by atoms with Crippen molar-refractivity contribution in [3.05, 3.63) is 64.2 Å². The summed E-state index contributed by atoms with van der Waals surface area (Å²) in [5, 5.41) is 3.79. The highest BCUT2D eigenvalue weighted by Gasteiger charge is 2.44. The molecule has 0 aliphatic heterocycles. The van der Waals surface area contributed by atoms with Crippen molar-refractivity contribution >= 4 is 23.2 Å². The van der Waals surface area contributed by atoms with Crippen LogP contribution in [-0.2, 0) is 5.41 Å². The molecule has 1 fully saturated rings. The third kappa shape index (κ3) is 2.95. The second-order valence-electron chi connectivity index (χ2n) is 6.04. The molecule has 0 radical (unpaired) electrons. The molecule has 3 N–H and O–H groups in total. The van der Waals surface area contributed by atoms with Gasteiger partial charge in [-0.15, -0.1) is 0 Å². The number of amides is 1. The lowest BCUT2D eigenvalue weighted by Crippen LogP contribution is -2.32. The summed E-state index contributed by atoms with van der Waals surface area (Å²) in [6.07, 6.45) is 2.18. The van der Waals surface area contributed by atoms with E-state index in [0.717, 1.165) is 23.4 Å². The van der Waals surface area contributed by atoms with Crippen molar-refractivity contribution in [1.29, 1.82) is 0 Å². The molecule has 114 valence electrons. The first-order chi connectivity index (χ1) is 10.5. The molecule has 0 unspecified atom stereocenters. The first kappa shape index (κ1) is 14.9. The number of nitrogens with one attached hydrogen (secondary N) is 1. The molecule has 3 nitrogen and oxygen atoms in total. The van der Waals surface area contributed by atoms with E-state index >= 15 is 0 Å². The van der Waals surface area contributed by atoms with Crippen molar-refractivity contribution in [3.63, 3.8) is 0 Å². The summed E-state index contributed by atoms with van der Waals surface area (Å²) in [5.74, 6) is -0.0648. The molecule has 0 saturated heterocycles. The standard InChI is InChI=1S/C18H19ClN2O/c1-12-2-7-15(20)10-16(12)17(22)21-11-18(8-9-18)13-3-5-14(19)6-4-13/h2-7,10H,8-9,11,20H2,1H3,(H,21,22). The number of anilines is 1. The van der Waals surface area contributed by atoms with Crippen LogP contribution in [0, 0.1) is 6.92 Å². The van der Waals surface area contributed by atoms with Crippen LogP contribution in [-0.4, -0.2) is 12.5 Å². The van der Waals surface area contributed by atoms with Crippen molar-refractivity contribution in [2.24, 2.45) is 0 Å². The van der Waals surface area contributed by atoms with Crippen LogP contribution >= 0.6 is 11.6 Å². The van der Waals surface area contributed by atoms with E-state index in [9.17, 15) is 4.79 Å². The zero-order valence-electron chi connectivity index (χ0n) is 12.5. The quantitative estimate of drug-likeness (QED) is 0.846. The third-order valence-corrected chi connectivity index (χ3v) is 4.66. The normalized spacial score (nSPS) is 15.4. The van der Waals surface area contributed by atoms with Crippen molar-refractivity contribution < 1.29 is 4.79 Å². The third-order valence-electron chi connectivity index (χ3n) is 4.40. The molecule has 0 aromatic heterocycles. The summed E-state index contributed by atoms with van der Waals surface area (Å²) in [4.78, 5) is 12.4. The van der Waals surface area contributed by atoms with Crippen LogP contribution in [0.1, 0.15) is 34.3 Å². The van der Waals surface area contributed by atoms with E-state index in [4.69, 9.17) is 17.3 Å². The number of halogens is 1. The minimum absolute atomic E-state index is 0.0640. The van der Waals surface area contributed by atoms with Crippen LogP contribution < -0.4 is 11.1 Å². The van der Waals surface area contributed by atoms with Crippen LogP contribution in [0.5, 0.6) is 0 Å². The highest BCUT2D eigenvalue weighted by Crippen LogP contribution is 2.47. The SMILES string of the molecule is Cc1ccc(N)cc1C(=O)NCC1(c2ccc(Cl)cc2)CC1. The van der Waals surface area contributed by atoms with Gasteiger partial charge in [-0.1, -0.05) is 29.8 Å². The van der Waals surface area contributed by atoms with E-state index in [-0.39, 0.29) is 11.3 Å². The average molecular weight is 315 g/mol. The molecular formula is C18H19ClN2O. The number of benzene rings is 2. The topological polar surface area (TPSA) is 55.1 Å². The Morgan fingerprint density at radius 3 is 2.55 bits per heavy atom. The fraction of sp³-hybridized carbons (Fsp3) is 0.278. The Kier molecular flexibility index (Phi) is 3.83. The molecule has 22 heavy (non-hydrogen) atoms. The van der Waals surface area contributed by atoms with E-state index in [1.807, 2.05) is 43.3 Å². The van der Waals surface area contributed by atoms with Gasteiger partial charge in [0.15, 0.2) is 0 Å². The van der Waals surface area contributed by atoms with E-state index < -0.39 is 0 Å². The molecule has 0 heterocycles. The molecule has 0 spiro atoms. The van der Waals surface area contributed by atoms with Gasteiger partial charge >= 0.3 is 0 Å². The first-order valence-corrected chi connectivity index (χ1v) is 7.78. The molecule has 4 heteroatoms. The molecular weight excluding hydrogens is 296 g/mol. The molecule has 2 aromatic carbocycles. The van der Waals surface area contributed by atoms with Gasteiger partial charge < -0.3 is 11.1 Å². The zero-order chi connectivity index (χ0) is 15.7. The van der Waals surface area contributed by atoms with E-state index in [0.29, 0.717) is 17.8 Å². The van der Waals surface area contributed by atoms with Crippen LogP contribution in [0.3, 0.4) is 0 Å². The van der Waals surface area contributed by atoms with E-state index in [1.54, 1.807) is 6.07 Å². The maximum absolute atomic E-state index is 12.4. The Labute approximate surface area is 135 Å². The van der Waals surface area contributed by atoms with Crippen molar-refractivity contribution in [3.8, 4) is 0 Å². The largest absolute Gasteiger partial charge is 0.399 e. The van der Waals surface area contributed by atoms with Crippen molar-refractivity contribution in [2.75, 3.05) is 12.3 Å². The lowest BCUT2D eigenvalue weighted by Gasteiger charge is -2.17. The Morgan fingerprint density at radius 1 is 1.23 bits per heavy atom. The second-order valence-corrected chi connectivity index (χ2v) is 6.48. The van der Waals surface area contributed by atoms with Crippen molar-refractivity contribution in [1.82, 2.24) is 5.32 Å². The lowest BCUT2D eigenvalue weighted by atomic mass is 9.95. The van der Waals surface area contributed by atoms with Crippen LogP contribution in [0.15, 0.2) is 42.5 Å². The van der Waals surface area contributed by atoms with Gasteiger partial charge in [-0.3, -0.25) is 4.79 Å². The van der Waals surface area contributed by atoms with Gasteiger partial charge in [0.05, 0.1) is 0 Å². The maximum Gasteiger partial charge on any atom is 0.251 e. The van der Waals surface area contributed by atoms with Gasteiger partial charge in [-0.05, 0) is 55.2 Å². The summed E-state index contributed by atoms with van der Waals surface area (Å²) in [6, 6.07) is 13.3. The van der Waals surface area contributed by atoms with E-state index in [1.165, 1.54) is 5.56 Å². The minimum Gasteiger partial charge on any atom is -0.399 e. The molecule has 1 aliphatic carbocycles. The minimum atomic E-state index is -0.0648. The number of hydrogen-bond donors (Lipinski definition) is 2. The highest BCUT2D eigenvalue weighted by molar-refractivity contribution is 6.30. The Balaban J connectivity index is 1.71. The van der Waals surface area contributed by atoms with Gasteiger partial charge in [-0.2, -0.15) is 0 Å². The van der Waals surface area contributed by atoms with Gasteiger partial charge in [-0.25, -0.2) is 0 Å². The highest BCUT2D eigenvalue weighted by atomic mass is 35.5. The summed E-state index contributed by atoms with van der Waals surface area (Å²) in [5.41, 5.74) is 9.26. The fourth-order valence-electron chi connectivity index (χ4n) is 2.75. The number of carbonyl (C=O) groups excluding carboxylic acids is 1. The lowest BCUT2D eigenvalue weighted by molar-refractivity contribution is 0.0949. The molecule has 1 saturated carbocycles. The van der Waals surface area contributed by atoms with Gasteiger partial charge in [0, 0.05) is 28.2 Å². The number of nitrogen functional groups attached to an aromatic ring is 1. The van der Waals surface area contributed by atoms with Crippen LogP contribution in [0.4, 0.5) is 5.69 Å². The van der Waals surface area contributed by atoms with Gasteiger partial charge in [0.25, 0.3) is 5.91 Å². The molecule has 2 aromatic rings. The number of hydrogen-bond acceptors (Lipinski definition) is 2. The predicted molar refractivity (Wildman–Crippen MR) is 90.3 cm³/mol. The predicted octanol–water partition coefficient (Wildman–Crippen LogP) is 3.69. The van der Waals surface area contributed by atoms with Crippen LogP contribution in [0.2, 0.25) is 5.02 Å². The Bertz CT molecular complexity index is 706. The summed E-state index contributed by atoms with van der Waals surface area (Å²) >= 11 is 5.94. The van der Waals surface area contributed by atoms with Gasteiger partial charge in [0.2, 0.25) is 0 Å². The maximum atomic E-state index is 12.4. The molecule has 0 atom stereocenters. The fourth-order valence-corrected chi connectivity index (χ4v) is 2.88. The van der Waals surface area contributed by atoms with E-state index in [2.05, 4.69) is 5.32 Å². The Morgan fingerprint density at radius 2 is 1.91 bits per heavy atom. The molecule has 1 aliphatic rings. The average Bonchev–Trinajstić information content (AvgIpc) is 3.29. The number of aryl methyl sites for hydroxylation is 1. The van der Waals surface area contributed by atoms with Crippen LogP contribution in [0.25, 0.3) is 0 Å². The van der Waals surface area contributed by atoms with Gasteiger partial charge in [0.1, 0.15) is 0 Å². The Hall–Kier alpha value is -2.00. The summed E-state index contributed by atoms with van der Waals surface area (Å²) in [7, 11) is 0.